The molecule has 1 heterocycles. The summed E-state index contributed by atoms with van der Waals surface area (Å²) >= 11 is 0. The lowest BCUT2D eigenvalue weighted by Crippen LogP contribution is -2.43. The lowest BCUT2D eigenvalue weighted by atomic mass is 9.96. The van der Waals surface area contributed by atoms with E-state index in [4.69, 9.17) is 19.9 Å². The van der Waals surface area contributed by atoms with E-state index in [2.05, 4.69) is 0 Å². The van der Waals surface area contributed by atoms with Crippen LogP contribution >= 0.6 is 0 Å². The van der Waals surface area contributed by atoms with Gasteiger partial charge in [-0.05, 0) is 31.1 Å². The Morgan fingerprint density at radius 1 is 1.19 bits per heavy atom. The standard InChI is InChI=1S/C19H24N2O6/c1-25-15-5-3-13(16(11-15)26-2)4-6-18(23)27-12-17(22)21-9-7-14(8-10-21)19(20)24/h3-6,11,14H,7-10,12H2,1-2H3,(H2,20,24)/b6-4+. The molecular weight excluding hydrogens is 352 g/mol. The highest BCUT2D eigenvalue weighted by atomic mass is 16.5. The van der Waals surface area contributed by atoms with Gasteiger partial charge in [-0.15, -0.1) is 0 Å². The van der Waals surface area contributed by atoms with Gasteiger partial charge in [-0.3, -0.25) is 9.59 Å². The Labute approximate surface area is 157 Å². The normalized spacial score (nSPS) is 14.8. The Bertz CT molecular complexity index is 723. The number of piperidine rings is 1. The number of primary amides is 1. The molecular formula is C19H24N2O6. The fraction of sp³-hybridized carbons (Fsp3) is 0.421. The summed E-state index contributed by atoms with van der Waals surface area (Å²) in [4.78, 5) is 36.7. The van der Waals surface area contributed by atoms with Crippen LogP contribution in [0, 0.1) is 5.92 Å². The van der Waals surface area contributed by atoms with Gasteiger partial charge in [-0.25, -0.2) is 4.79 Å². The molecule has 1 aliphatic heterocycles. The Balaban J connectivity index is 1.83. The molecule has 0 unspecified atom stereocenters. The highest BCUT2D eigenvalue weighted by molar-refractivity contribution is 5.89. The summed E-state index contributed by atoms with van der Waals surface area (Å²) in [7, 11) is 3.07. The third kappa shape index (κ3) is 5.73. The van der Waals surface area contributed by atoms with E-state index in [-0.39, 0.29) is 24.3 Å². The van der Waals surface area contributed by atoms with Gasteiger partial charge in [0.1, 0.15) is 11.5 Å². The summed E-state index contributed by atoms with van der Waals surface area (Å²) in [5.74, 6) is -0.273. The summed E-state index contributed by atoms with van der Waals surface area (Å²) < 4.78 is 15.4. The molecule has 0 spiro atoms. The van der Waals surface area contributed by atoms with Crippen molar-refractivity contribution in [3.8, 4) is 11.5 Å². The SMILES string of the molecule is COc1ccc(/C=C/C(=O)OCC(=O)N2CCC(C(N)=O)CC2)c(OC)c1. The van der Waals surface area contributed by atoms with E-state index in [0.29, 0.717) is 43.0 Å². The topological polar surface area (TPSA) is 108 Å². The average Bonchev–Trinajstić information content (AvgIpc) is 2.70. The number of amides is 2. The van der Waals surface area contributed by atoms with Gasteiger partial charge >= 0.3 is 5.97 Å². The molecule has 146 valence electrons. The van der Waals surface area contributed by atoms with Crippen molar-refractivity contribution < 1.29 is 28.6 Å². The van der Waals surface area contributed by atoms with Crippen LogP contribution in [0.5, 0.6) is 11.5 Å². The fourth-order valence-corrected chi connectivity index (χ4v) is 2.80. The summed E-state index contributed by atoms with van der Waals surface area (Å²) in [6, 6.07) is 5.19. The smallest absolute Gasteiger partial charge is 0.331 e. The van der Waals surface area contributed by atoms with Crippen LogP contribution in [-0.4, -0.2) is 56.6 Å². The predicted octanol–water partition coefficient (Wildman–Crippen LogP) is 0.984. The van der Waals surface area contributed by atoms with E-state index in [1.54, 1.807) is 36.3 Å². The van der Waals surface area contributed by atoms with Crippen molar-refractivity contribution in [1.29, 1.82) is 0 Å². The number of hydrogen-bond acceptors (Lipinski definition) is 6. The Kier molecular flexibility index (Phi) is 7.22. The number of likely N-dealkylation sites (tertiary alicyclic amines) is 1. The first-order chi connectivity index (χ1) is 12.9. The number of nitrogens with zero attached hydrogens (tertiary/aromatic N) is 1. The zero-order valence-corrected chi connectivity index (χ0v) is 15.5. The number of carbonyl (C=O) groups is 3. The quantitative estimate of drug-likeness (QED) is 0.561. The van der Waals surface area contributed by atoms with Crippen LogP contribution in [0.1, 0.15) is 18.4 Å². The Morgan fingerprint density at radius 2 is 1.89 bits per heavy atom. The molecule has 1 fully saturated rings. The molecule has 1 aromatic rings. The van der Waals surface area contributed by atoms with Gasteiger partial charge in [-0.2, -0.15) is 0 Å². The maximum atomic E-state index is 12.1. The molecule has 0 saturated carbocycles. The molecule has 1 aliphatic rings. The van der Waals surface area contributed by atoms with Crippen molar-refractivity contribution in [2.45, 2.75) is 12.8 Å². The summed E-state index contributed by atoms with van der Waals surface area (Å²) in [6.45, 7) is 0.524. The minimum atomic E-state index is -0.631. The van der Waals surface area contributed by atoms with Crippen molar-refractivity contribution in [2.75, 3.05) is 33.9 Å². The first kappa shape index (κ1) is 20.3. The molecule has 0 radical (unpaired) electrons. The summed E-state index contributed by atoms with van der Waals surface area (Å²) in [5.41, 5.74) is 5.95. The second-order valence-electron chi connectivity index (χ2n) is 6.11. The molecule has 1 saturated heterocycles. The second-order valence-corrected chi connectivity index (χ2v) is 6.11. The lowest BCUT2D eigenvalue weighted by molar-refractivity contribution is -0.149. The Hall–Kier alpha value is -3.03. The average molecular weight is 376 g/mol. The maximum absolute atomic E-state index is 12.1. The minimum Gasteiger partial charge on any atom is -0.497 e. The number of methoxy groups -OCH3 is 2. The van der Waals surface area contributed by atoms with Gasteiger partial charge in [0.15, 0.2) is 6.61 Å². The predicted molar refractivity (Wildman–Crippen MR) is 98.0 cm³/mol. The molecule has 0 atom stereocenters. The van der Waals surface area contributed by atoms with Crippen molar-refractivity contribution in [3.63, 3.8) is 0 Å². The molecule has 0 aromatic heterocycles. The van der Waals surface area contributed by atoms with Crippen LogP contribution < -0.4 is 15.2 Å². The molecule has 8 nitrogen and oxygen atoms in total. The van der Waals surface area contributed by atoms with E-state index in [9.17, 15) is 14.4 Å². The maximum Gasteiger partial charge on any atom is 0.331 e. The Morgan fingerprint density at radius 3 is 2.48 bits per heavy atom. The third-order valence-electron chi connectivity index (χ3n) is 4.43. The number of hydrogen-bond donors (Lipinski definition) is 1. The zero-order chi connectivity index (χ0) is 19.8. The molecule has 2 amide bonds. The van der Waals surface area contributed by atoms with E-state index >= 15 is 0 Å². The van der Waals surface area contributed by atoms with E-state index < -0.39 is 5.97 Å². The highest BCUT2D eigenvalue weighted by Crippen LogP contribution is 2.25. The van der Waals surface area contributed by atoms with Crippen LogP contribution in [0.25, 0.3) is 6.08 Å². The number of rotatable bonds is 7. The first-order valence-corrected chi connectivity index (χ1v) is 8.58. The first-order valence-electron chi connectivity index (χ1n) is 8.58. The molecule has 2 rings (SSSR count). The molecule has 0 aliphatic carbocycles. The number of ether oxygens (including phenoxy) is 3. The van der Waals surface area contributed by atoms with Gasteiger partial charge in [0.2, 0.25) is 5.91 Å². The van der Waals surface area contributed by atoms with Gasteiger partial charge < -0.3 is 24.8 Å². The zero-order valence-electron chi connectivity index (χ0n) is 15.5. The van der Waals surface area contributed by atoms with Crippen molar-refractivity contribution in [3.05, 3.63) is 29.8 Å². The van der Waals surface area contributed by atoms with E-state index in [1.807, 2.05) is 0 Å². The number of benzene rings is 1. The van der Waals surface area contributed by atoms with Crippen molar-refractivity contribution in [1.82, 2.24) is 4.90 Å². The number of carbonyl (C=O) groups excluding carboxylic acids is 3. The van der Waals surface area contributed by atoms with Crippen LogP contribution in [-0.2, 0) is 19.1 Å². The van der Waals surface area contributed by atoms with Crippen LogP contribution in [0.4, 0.5) is 0 Å². The van der Waals surface area contributed by atoms with Gasteiger partial charge in [0, 0.05) is 36.7 Å². The van der Waals surface area contributed by atoms with Crippen LogP contribution in [0.15, 0.2) is 24.3 Å². The number of esters is 1. The lowest BCUT2D eigenvalue weighted by Gasteiger charge is -2.30. The minimum absolute atomic E-state index is 0.195. The molecule has 1 aromatic carbocycles. The molecule has 0 bridgehead atoms. The monoisotopic (exact) mass is 376 g/mol. The van der Waals surface area contributed by atoms with Crippen LogP contribution in [0.3, 0.4) is 0 Å². The fourth-order valence-electron chi connectivity index (χ4n) is 2.80. The highest BCUT2D eigenvalue weighted by Gasteiger charge is 2.26. The largest absolute Gasteiger partial charge is 0.497 e. The summed E-state index contributed by atoms with van der Waals surface area (Å²) in [5, 5.41) is 0. The third-order valence-corrected chi connectivity index (χ3v) is 4.43. The van der Waals surface area contributed by atoms with Crippen LogP contribution in [0.2, 0.25) is 0 Å². The molecule has 2 N–H and O–H groups in total. The second kappa shape index (κ2) is 9.61. The van der Waals surface area contributed by atoms with Gasteiger partial charge in [-0.1, -0.05) is 0 Å². The van der Waals surface area contributed by atoms with Gasteiger partial charge in [0.25, 0.3) is 5.91 Å². The molecule has 27 heavy (non-hydrogen) atoms. The van der Waals surface area contributed by atoms with E-state index in [0.717, 1.165) is 0 Å². The number of nitrogens with two attached hydrogens (primary N) is 1. The van der Waals surface area contributed by atoms with Crippen molar-refractivity contribution in [2.24, 2.45) is 11.7 Å². The summed E-state index contributed by atoms with van der Waals surface area (Å²) in [6.07, 6.45) is 3.85. The molecule has 8 heteroatoms. The van der Waals surface area contributed by atoms with Crippen molar-refractivity contribution >= 4 is 23.9 Å². The van der Waals surface area contributed by atoms with Gasteiger partial charge in [0.05, 0.1) is 14.2 Å². The van der Waals surface area contributed by atoms with E-state index in [1.165, 1.54) is 13.2 Å².